The molecule has 0 atom stereocenters. The zero-order valence-corrected chi connectivity index (χ0v) is 17.8. The number of hydrogen-bond acceptors (Lipinski definition) is 3. The van der Waals surface area contributed by atoms with Crippen LogP contribution in [0.2, 0.25) is 0 Å². The van der Waals surface area contributed by atoms with E-state index in [0.717, 1.165) is 32.7 Å². The van der Waals surface area contributed by atoms with Crippen molar-refractivity contribution in [2.45, 2.75) is 20.0 Å². The first kappa shape index (κ1) is 20.2. The first-order valence-corrected chi connectivity index (χ1v) is 9.76. The summed E-state index contributed by atoms with van der Waals surface area (Å²) in [4.78, 5) is 2.04. The Hall–Kier alpha value is -2.53. The van der Waals surface area contributed by atoms with Crippen LogP contribution >= 0.6 is 15.9 Å². The topological polar surface area (TPSA) is 21.7 Å². The average molecular weight is 444 g/mol. The van der Waals surface area contributed by atoms with Gasteiger partial charge in [0.2, 0.25) is 0 Å². The SMILES string of the molecule is COc1ccc(CN(Cc2ccc(OC)cc2)c2cc(C)c(Br)cc2F)cc1. The van der Waals surface area contributed by atoms with E-state index in [-0.39, 0.29) is 5.82 Å². The van der Waals surface area contributed by atoms with E-state index in [1.165, 1.54) is 6.07 Å². The maximum atomic E-state index is 14.8. The Balaban J connectivity index is 1.93. The van der Waals surface area contributed by atoms with Gasteiger partial charge in [0.05, 0.1) is 19.9 Å². The number of rotatable bonds is 7. The summed E-state index contributed by atoms with van der Waals surface area (Å²) in [5, 5.41) is 0. The molecule has 3 aromatic rings. The van der Waals surface area contributed by atoms with E-state index in [4.69, 9.17) is 9.47 Å². The van der Waals surface area contributed by atoms with Crippen LogP contribution in [0.4, 0.5) is 10.1 Å². The summed E-state index contributed by atoms with van der Waals surface area (Å²) in [7, 11) is 3.29. The molecule has 0 aliphatic heterocycles. The molecule has 0 spiro atoms. The highest BCUT2D eigenvalue weighted by Crippen LogP contribution is 2.29. The van der Waals surface area contributed by atoms with Gasteiger partial charge < -0.3 is 14.4 Å². The highest BCUT2D eigenvalue weighted by molar-refractivity contribution is 9.10. The molecule has 3 aromatic carbocycles. The van der Waals surface area contributed by atoms with E-state index in [2.05, 4.69) is 15.9 Å². The van der Waals surface area contributed by atoms with Crippen molar-refractivity contribution >= 4 is 21.6 Å². The maximum absolute atomic E-state index is 14.8. The summed E-state index contributed by atoms with van der Waals surface area (Å²) in [6.07, 6.45) is 0. The molecule has 0 fully saturated rings. The van der Waals surface area contributed by atoms with Crippen LogP contribution in [-0.2, 0) is 13.1 Å². The lowest BCUT2D eigenvalue weighted by atomic mass is 10.1. The van der Waals surface area contributed by atoms with Gasteiger partial charge in [-0.3, -0.25) is 0 Å². The third kappa shape index (κ3) is 4.84. The fourth-order valence-corrected chi connectivity index (χ4v) is 3.33. The number of ether oxygens (including phenoxy) is 2. The molecule has 0 radical (unpaired) electrons. The van der Waals surface area contributed by atoms with Crippen LogP contribution in [0.15, 0.2) is 65.1 Å². The number of hydrogen-bond donors (Lipinski definition) is 0. The minimum Gasteiger partial charge on any atom is -0.497 e. The third-order valence-electron chi connectivity index (χ3n) is 4.63. The van der Waals surface area contributed by atoms with Gasteiger partial charge in [-0.15, -0.1) is 0 Å². The smallest absolute Gasteiger partial charge is 0.147 e. The van der Waals surface area contributed by atoms with E-state index in [1.54, 1.807) is 14.2 Å². The normalized spacial score (nSPS) is 10.6. The fourth-order valence-electron chi connectivity index (χ4n) is 3.01. The second-order valence-electron chi connectivity index (χ2n) is 6.61. The molecule has 0 aliphatic carbocycles. The highest BCUT2D eigenvalue weighted by atomic mass is 79.9. The van der Waals surface area contributed by atoms with Crippen molar-refractivity contribution in [3.8, 4) is 11.5 Å². The molecule has 0 saturated carbocycles. The van der Waals surface area contributed by atoms with E-state index < -0.39 is 0 Å². The standard InChI is InChI=1S/C23H23BrFNO2/c1-16-12-23(22(25)13-21(16)24)26(14-17-4-8-19(27-2)9-5-17)15-18-6-10-20(28-3)11-7-18/h4-13H,14-15H2,1-3H3. The summed E-state index contributed by atoms with van der Waals surface area (Å²) in [5.74, 6) is 1.35. The molecule has 3 rings (SSSR count). The zero-order chi connectivity index (χ0) is 20.1. The summed E-state index contributed by atoms with van der Waals surface area (Å²) >= 11 is 3.41. The monoisotopic (exact) mass is 443 g/mol. The van der Waals surface area contributed by atoms with Crippen LogP contribution in [0.25, 0.3) is 0 Å². The van der Waals surface area contributed by atoms with Gasteiger partial charge in [-0.1, -0.05) is 40.2 Å². The van der Waals surface area contributed by atoms with Gasteiger partial charge in [-0.2, -0.15) is 0 Å². The molecule has 0 aliphatic rings. The van der Waals surface area contributed by atoms with E-state index in [9.17, 15) is 4.39 Å². The van der Waals surface area contributed by atoms with Crippen molar-refractivity contribution in [1.29, 1.82) is 0 Å². The quantitative estimate of drug-likeness (QED) is 0.438. The number of nitrogens with zero attached hydrogens (tertiary/aromatic N) is 1. The van der Waals surface area contributed by atoms with Crippen LogP contribution in [0.5, 0.6) is 11.5 Å². The van der Waals surface area contributed by atoms with Gasteiger partial charge in [-0.05, 0) is 60.0 Å². The molecule has 146 valence electrons. The first-order valence-electron chi connectivity index (χ1n) is 8.96. The summed E-state index contributed by atoms with van der Waals surface area (Å²) in [6, 6.07) is 19.1. The Morgan fingerprint density at radius 1 is 0.821 bits per heavy atom. The molecular weight excluding hydrogens is 421 g/mol. The zero-order valence-electron chi connectivity index (χ0n) is 16.2. The number of anilines is 1. The van der Waals surface area contributed by atoms with Gasteiger partial charge in [0, 0.05) is 17.6 Å². The number of aryl methyl sites for hydroxylation is 1. The fraction of sp³-hybridized carbons (Fsp3) is 0.217. The van der Waals surface area contributed by atoms with E-state index in [1.807, 2.05) is 66.4 Å². The average Bonchev–Trinajstić information content (AvgIpc) is 2.71. The molecule has 0 unspecified atom stereocenters. The third-order valence-corrected chi connectivity index (χ3v) is 5.49. The lowest BCUT2D eigenvalue weighted by molar-refractivity contribution is 0.414. The van der Waals surface area contributed by atoms with Crippen LogP contribution in [-0.4, -0.2) is 14.2 Å². The molecule has 0 saturated heterocycles. The Morgan fingerprint density at radius 2 is 1.29 bits per heavy atom. The molecule has 0 bridgehead atoms. The maximum Gasteiger partial charge on any atom is 0.147 e. The number of halogens is 2. The van der Waals surface area contributed by atoms with Crippen molar-refractivity contribution in [1.82, 2.24) is 0 Å². The molecule has 0 N–H and O–H groups in total. The molecule has 0 heterocycles. The molecular formula is C23H23BrFNO2. The Kier molecular flexibility index (Phi) is 6.57. The van der Waals surface area contributed by atoms with Gasteiger partial charge in [0.1, 0.15) is 17.3 Å². The predicted molar refractivity (Wildman–Crippen MR) is 115 cm³/mol. The molecule has 0 amide bonds. The Morgan fingerprint density at radius 3 is 1.71 bits per heavy atom. The van der Waals surface area contributed by atoms with Crippen molar-refractivity contribution < 1.29 is 13.9 Å². The van der Waals surface area contributed by atoms with Gasteiger partial charge >= 0.3 is 0 Å². The lowest BCUT2D eigenvalue weighted by Gasteiger charge is -2.26. The predicted octanol–water partition coefficient (Wildman–Crippen LogP) is 6.12. The first-order chi connectivity index (χ1) is 13.5. The van der Waals surface area contributed by atoms with Gasteiger partial charge in [0.25, 0.3) is 0 Å². The minimum atomic E-state index is -0.250. The molecule has 5 heteroatoms. The second kappa shape index (κ2) is 9.11. The molecule has 3 nitrogen and oxygen atoms in total. The summed E-state index contributed by atoms with van der Waals surface area (Å²) in [6.45, 7) is 3.12. The molecule has 28 heavy (non-hydrogen) atoms. The van der Waals surface area contributed by atoms with Crippen molar-refractivity contribution in [3.05, 3.63) is 87.6 Å². The number of methoxy groups -OCH3 is 2. The Labute approximate surface area is 173 Å². The second-order valence-corrected chi connectivity index (χ2v) is 7.46. The van der Waals surface area contributed by atoms with Crippen molar-refractivity contribution in [2.75, 3.05) is 19.1 Å². The van der Waals surface area contributed by atoms with Crippen LogP contribution in [0, 0.1) is 12.7 Å². The van der Waals surface area contributed by atoms with Crippen LogP contribution < -0.4 is 14.4 Å². The van der Waals surface area contributed by atoms with Crippen molar-refractivity contribution in [3.63, 3.8) is 0 Å². The van der Waals surface area contributed by atoms with Crippen molar-refractivity contribution in [2.24, 2.45) is 0 Å². The molecule has 0 aromatic heterocycles. The van der Waals surface area contributed by atoms with Crippen LogP contribution in [0.3, 0.4) is 0 Å². The van der Waals surface area contributed by atoms with Gasteiger partial charge in [-0.25, -0.2) is 4.39 Å². The van der Waals surface area contributed by atoms with Gasteiger partial charge in [0.15, 0.2) is 0 Å². The van der Waals surface area contributed by atoms with Crippen LogP contribution in [0.1, 0.15) is 16.7 Å². The number of benzene rings is 3. The highest BCUT2D eigenvalue weighted by Gasteiger charge is 2.15. The summed E-state index contributed by atoms with van der Waals surface area (Å²) in [5.41, 5.74) is 3.72. The largest absolute Gasteiger partial charge is 0.497 e. The van der Waals surface area contributed by atoms with E-state index in [0.29, 0.717) is 18.8 Å². The lowest BCUT2D eigenvalue weighted by Crippen LogP contribution is -2.23. The van der Waals surface area contributed by atoms with E-state index >= 15 is 0 Å². The summed E-state index contributed by atoms with van der Waals surface area (Å²) < 4.78 is 26.0. The minimum absolute atomic E-state index is 0.250. The Bertz CT molecular complexity index is 877.